The van der Waals surface area contributed by atoms with E-state index in [-0.39, 0.29) is 5.82 Å². The predicted octanol–water partition coefficient (Wildman–Crippen LogP) is 4.71. The minimum absolute atomic E-state index is 0.252. The van der Waals surface area contributed by atoms with Gasteiger partial charge in [-0.2, -0.15) is 0 Å². The Morgan fingerprint density at radius 2 is 2.21 bits per heavy atom. The van der Waals surface area contributed by atoms with Gasteiger partial charge in [0.15, 0.2) is 0 Å². The molecule has 0 radical (unpaired) electrons. The Balaban J connectivity index is 2.14. The number of halogens is 2. The van der Waals surface area contributed by atoms with Crippen molar-refractivity contribution in [1.29, 1.82) is 0 Å². The maximum Gasteiger partial charge on any atom is 0.137 e. The van der Waals surface area contributed by atoms with E-state index in [1.807, 2.05) is 6.07 Å². The van der Waals surface area contributed by atoms with Gasteiger partial charge in [-0.05, 0) is 58.7 Å². The third-order valence-corrected chi connectivity index (χ3v) is 5.24. The van der Waals surface area contributed by atoms with E-state index in [1.54, 1.807) is 6.07 Å². The van der Waals surface area contributed by atoms with E-state index >= 15 is 0 Å². The summed E-state index contributed by atoms with van der Waals surface area (Å²) in [4.78, 5) is 0. The van der Waals surface area contributed by atoms with Gasteiger partial charge in [0.2, 0.25) is 0 Å². The first-order valence-electron chi connectivity index (χ1n) is 7.06. The third kappa shape index (κ3) is 3.57. The molecule has 1 aliphatic carbocycles. The lowest BCUT2D eigenvalue weighted by molar-refractivity contribution is -0.0241. The Morgan fingerprint density at radius 1 is 1.47 bits per heavy atom. The zero-order chi connectivity index (χ0) is 14.0. The van der Waals surface area contributed by atoms with Crippen LogP contribution in [0.4, 0.5) is 4.39 Å². The van der Waals surface area contributed by atoms with Crippen molar-refractivity contribution in [3.8, 4) is 0 Å². The third-order valence-electron chi connectivity index (χ3n) is 4.35. The Hall–Kier alpha value is -0.410. The van der Waals surface area contributed by atoms with Gasteiger partial charge in [0.1, 0.15) is 5.82 Å². The van der Waals surface area contributed by atoms with Crippen LogP contribution in [0.25, 0.3) is 0 Å². The van der Waals surface area contributed by atoms with Gasteiger partial charge in [0.05, 0.1) is 10.1 Å². The van der Waals surface area contributed by atoms with E-state index in [0.29, 0.717) is 22.7 Å². The lowest BCUT2D eigenvalue weighted by atomic mass is 9.71. The molecule has 1 saturated carbocycles. The molecule has 2 rings (SSSR count). The molecule has 1 aromatic carbocycles. The molecule has 2 atom stereocenters. The molecule has 0 amide bonds. The van der Waals surface area contributed by atoms with Gasteiger partial charge in [0, 0.05) is 6.42 Å². The Labute approximate surface area is 123 Å². The fourth-order valence-corrected chi connectivity index (χ4v) is 3.56. The number of benzene rings is 1. The molecule has 2 unspecified atom stereocenters. The fourth-order valence-electron chi connectivity index (χ4n) is 3.15. The Bertz CT molecular complexity index is 446. The summed E-state index contributed by atoms with van der Waals surface area (Å²) in [5, 5.41) is 10.8. The van der Waals surface area contributed by atoms with Crippen LogP contribution < -0.4 is 0 Å². The Kier molecular flexibility index (Phi) is 4.67. The SMILES string of the molecule is CC(C)C1CCCC(O)(Cc2cccc(F)c2Br)C1. The molecule has 3 heteroatoms. The summed E-state index contributed by atoms with van der Waals surface area (Å²) in [6.45, 7) is 4.43. The van der Waals surface area contributed by atoms with Crippen molar-refractivity contribution in [3.63, 3.8) is 0 Å². The van der Waals surface area contributed by atoms with Gasteiger partial charge < -0.3 is 5.11 Å². The molecular formula is C16H22BrFO. The lowest BCUT2D eigenvalue weighted by Gasteiger charge is -2.39. The first-order valence-corrected chi connectivity index (χ1v) is 7.86. The molecule has 0 heterocycles. The second kappa shape index (κ2) is 5.92. The quantitative estimate of drug-likeness (QED) is 0.852. The average Bonchev–Trinajstić information content (AvgIpc) is 2.35. The average molecular weight is 329 g/mol. The molecule has 1 nitrogen and oxygen atoms in total. The van der Waals surface area contributed by atoms with Crippen LogP contribution in [0.3, 0.4) is 0 Å². The van der Waals surface area contributed by atoms with Crippen molar-refractivity contribution in [2.24, 2.45) is 11.8 Å². The molecule has 0 bridgehead atoms. The van der Waals surface area contributed by atoms with Crippen LogP contribution in [0.2, 0.25) is 0 Å². The number of aliphatic hydroxyl groups is 1. The van der Waals surface area contributed by atoms with Crippen LogP contribution in [0.15, 0.2) is 22.7 Å². The summed E-state index contributed by atoms with van der Waals surface area (Å²) < 4.78 is 14.0. The molecule has 1 N–H and O–H groups in total. The van der Waals surface area contributed by atoms with Gasteiger partial charge in [-0.3, -0.25) is 0 Å². The largest absolute Gasteiger partial charge is 0.390 e. The van der Waals surface area contributed by atoms with E-state index in [4.69, 9.17) is 0 Å². The van der Waals surface area contributed by atoms with Crippen LogP contribution >= 0.6 is 15.9 Å². The monoisotopic (exact) mass is 328 g/mol. The van der Waals surface area contributed by atoms with Crippen molar-refractivity contribution in [2.75, 3.05) is 0 Å². The second-order valence-corrected chi connectivity index (χ2v) is 7.01. The smallest absolute Gasteiger partial charge is 0.137 e. The van der Waals surface area contributed by atoms with E-state index in [2.05, 4.69) is 29.8 Å². The maximum absolute atomic E-state index is 13.5. The normalized spacial score (nSPS) is 27.8. The maximum atomic E-state index is 13.5. The minimum Gasteiger partial charge on any atom is -0.390 e. The summed E-state index contributed by atoms with van der Waals surface area (Å²) in [7, 11) is 0. The fraction of sp³-hybridized carbons (Fsp3) is 0.625. The van der Waals surface area contributed by atoms with Gasteiger partial charge >= 0.3 is 0 Å². The minimum atomic E-state index is -0.677. The summed E-state index contributed by atoms with van der Waals surface area (Å²) in [6, 6.07) is 5.04. The van der Waals surface area contributed by atoms with Gasteiger partial charge in [-0.15, -0.1) is 0 Å². The molecule has 0 aromatic heterocycles. The molecule has 1 aromatic rings. The van der Waals surface area contributed by atoms with Crippen molar-refractivity contribution in [3.05, 3.63) is 34.1 Å². The molecule has 19 heavy (non-hydrogen) atoms. The molecular weight excluding hydrogens is 307 g/mol. The van der Waals surface area contributed by atoms with E-state index in [0.717, 1.165) is 24.8 Å². The van der Waals surface area contributed by atoms with Crippen molar-refractivity contribution < 1.29 is 9.50 Å². The number of rotatable bonds is 3. The van der Waals surface area contributed by atoms with Crippen molar-refractivity contribution in [2.45, 2.75) is 51.6 Å². The highest BCUT2D eigenvalue weighted by Gasteiger charge is 2.35. The highest BCUT2D eigenvalue weighted by Crippen LogP contribution is 2.39. The molecule has 0 spiro atoms. The Morgan fingerprint density at radius 3 is 2.89 bits per heavy atom. The van der Waals surface area contributed by atoms with Crippen LogP contribution in [0.5, 0.6) is 0 Å². The molecule has 1 aliphatic rings. The number of hydrogen-bond donors (Lipinski definition) is 1. The van der Waals surface area contributed by atoms with E-state index < -0.39 is 5.60 Å². The van der Waals surface area contributed by atoms with Crippen LogP contribution in [-0.4, -0.2) is 10.7 Å². The lowest BCUT2D eigenvalue weighted by Crippen LogP contribution is -2.38. The molecule has 1 fully saturated rings. The first kappa shape index (κ1) is 15.0. The standard InChI is InChI=1S/C16H22BrFO/c1-11(2)12-6-4-8-16(19,9-12)10-13-5-3-7-14(18)15(13)17/h3,5,7,11-12,19H,4,6,8-10H2,1-2H3. The van der Waals surface area contributed by atoms with Crippen molar-refractivity contribution in [1.82, 2.24) is 0 Å². The summed E-state index contributed by atoms with van der Waals surface area (Å²) in [5.74, 6) is 0.922. The number of hydrogen-bond acceptors (Lipinski definition) is 1. The van der Waals surface area contributed by atoms with Crippen LogP contribution in [0, 0.1) is 17.7 Å². The summed E-state index contributed by atoms with van der Waals surface area (Å²) >= 11 is 3.29. The van der Waals surface area contributed by atoms with Gasteiger partial charge in [-0.1, -0.05) is 32.4 Å². The highest BCUT2D eigenvalue weighted by atomic mass is 79.9. The zero-order valence-electron chi connectivity index (χ0n) is 11.6. The van der Waals surface area contributed by atoms with E-state index in [9.17, 15) is 9.50 Å². The second-order valence-electron chi connectivity index (χ2n) is 6.21. The molecule has 0 aliphatic heterocycles. The van der Waals surface area contributed by atoms with Crippen LogP contribution in [-0.2, 0) is 6.42 Å². The van der Waals surface area contributed by atoms with E-state index in [1.165, 1.54) is 12.5 Å². The molecule has 106 valence electrons. The van der Waals surface area contributed by atoms with Crippen molar-refractivity contribution >= 4 is 15.9 Å². The topological polar surface area (TPSA) is 20.2 Å². The first-order chi connectivity index (χ1) is 8.91. The van der Waals surface area contributed by atoms with Gasteiger partial charge in [0.25, 0.3) is 0 Å². The van der Waals surface area contributed by atoms with Gasteiger partial charge in [-0.25, -0.2) is 4.39 Å². The highest BCUT2D eigenvalue weighted by molar-refractivity contribution is 9.10. The summed E-state index contributed by atoms with van der Waals surface area (Å²) in [5.41, 5.74) is 0.190. The summed E-state index contributed by atoms with van der Waals surface area (Å²) in [6.07, 6.45) is 4.44. The van der Waals surface area contributed by atoms with Crippen LogP contribution in [0.1, 0.15) is 45.1 Å². The molecule has 0 saturated heterocycles. The zero-order valence-corrected chi connectivity index (χ0v) is 13.2. The predicted molar refractivity (Wildman–Crippen MR) is 79.5 cm³/mol.